The highest BCUT2D eigenvalue weighted by molar-refractivity contribution is 5.98. The Labute approximate surface area is 118 Å². The summed E-state index contributed by atoms with van der Waals surface area (Å²) < 4.78 is 0. The van der Waals surface area contributed by atoms with Gasteiger partial charge in [0.05, 0.1) is 4.92 Å². The first-order chi connectivity index (χ1) is 9.54. The van der Waals surface area contributed by atoms with Crippen molar-refractivity contribution in [3.8, 4) is 0 Å². The fourth-order valence-corrected chi connectivity index (χ4v) is 2.40. The van der Waals surface area contributed by atoms with Gasteiger partial charge in [-0.3, -0.25) is 14.9 Å². The van der Waals surface area contributed by atoms with Gasteiger partial charge in [-0.1, -0.05) is 19.1 Å². The lowest BCUT2D eigenvalue weighted by molar-refractivity contribution is -0.385. The molecule has 1 aromatic carbocycles. The van der Waals surface area contributed by atoms with E-state index in [4.69, 9.17) is 0 Å². The van der Waals surface area contributed by atoms with E-state index in [-0.39, 0.29) is 17.2 Å². The SMILES string of the molecule is CCCN(CC1CC1)C(=O)c1cccc(C)c1[N+](=O)[O-]. The Morgan fingerprint density at radius 1 is 1.45 bits per heavy atom. The van der Waals surface area contributed by atoms with E-state index in [1.54, 1.807) is 30.0 Å². The highest BCUT2D eigenvalue weighted by Gasteiger charge is 2.30. The molecule has 0 heterocycles. The molecular weight excluding hydrogens is 256 g/mol. The summed E-state index contributed by atoms with van der Waals surface area (Å²) in [5, 5.41) is 11.2. The number of nitrogens with zero attached hydrogens (tertiary/aromatic N) is 2. The summed E-state index contributed by atoms with van der Waals surface area (Å²) in [7, 11) is 0. The van der Waals surface area contributed by atoms with E-state index in [0.29, 0.717) is 18.0 Å². The maximum Gasteiger partial charge on any atom is 0.285 e. The number of aryl methyl sites for hydroxylation is 1. The molecule has 0 aromatic heterocycles. The van der Waals surface area contributed by atoms with Crippen molar-refractivity contribution in [2.75, 3.05) is 13.1 Å². The van der Waals surface area contributed by atoms with Crippen LogP contribution in [-0.4, -0.2) is 28.8 Å². The van der Waals surface area contributed by atoms with Crippen LogP contribution in [0.5, 0.6) is 0 Å². The van der Waals surface area contributed by atoms with Gasteiger partial charge >= 0.3 is 0 Å². The van der Waals surface area contributed by atoms with Crippen molar-refractivity contribution < 1.29 is 9.72 Å². The number of hydrogen-bond acceptors (Lipinski definition) is 3. The zero-order valence-corrected chi connectivity index (χ0v) is 12.0. The molecule has 1 aliphatic carbocycles. The van der Waals surface area contributed by atoms with Crippen LogP contribution >= 0.6 is 0 Å². The van der Waals surface area contributed by atoms with Gasteiger partial charge in [-0.05, 0) is 38.2 Å². The number of carbonyl (C=O) groups is 1. The van der Waals surface area contributed by atoms with Crippen molar-refractivity contribution in [2.24, 2.45) is 5.92 Å². The third-order valence-corrected chi connectivity index (χ3v) is 3.61. The molecule has 1 fully saturated rings. The average Bonchev–Trinajstić information content (AvgIpc) is 3.20. The molecule has 0 unspecified atom stereocenters. The second-order valence-electron chi connectivity index (χ2n) is 5.42. The summed E-state index contributed by atoms with van der Waals surface area (Å²) in [6, 6.07) is 4.93. The van der Waals surface area contributed by atoms with Crippen LogP contribution in [0.2, 0.25) is 0 Å². The molecule has 1 aliphatic rings. The normalized spacial score (nSPS) is 14.1. The first-order valence-electron chi connectivity index (χ1n) is 7.07. The first kappa shape index (κ1) is 14.5. The zero-order valence-electron chi connectivity index (χ0n) is 12.0. The van der Waals surface area contributed by atoms with Crippen molar-refractivity contribution in [2.45, 2.75) is 33.1 Å². The molecule has 108 valence electrons. The lowest BCUT2D eigenvalue weighted by Crippen LogP contribution is -2.34. The molecular formula is C15H20N2O3. The Kier molecular flexibility index (Phi) is 4.37. The van der Waals surface area contributed by atoms with Crippen LogP contribution in [0, 0.1) is 23.0 Å². The summed E-state index contributed by atoms with van der Waals surface area (Å²) in [5.74, 6) is 0.364. The van der Waals surface area contributed by atoms with Gasteiger partial charge in [0.15, 0.2) is 0 Å². The second-order valence-corrected chi connectivity index (χ2v) is 5.42. The van der Waals surface area contributed by atoms with Crippen LogP contribution in [0.3, 0.4) is 0 Å². The monoisotopic (exact) mass is 276 g/mol. The van der Waals surface area contributed by atoms with Crippen LogP contribution in [-0.2, 0) is 0 Å². The molecule has 1 saturated carbocycles. The highest BCUT2D eigenvalue weighted by atomic mass is 16.6. The molecule has 0 spiro atoms. The number of amides is 1. The third kappa shape index (κ3) is 3.15. The summed E-state index contributed by atoms with van der Waals surface area (Å²) in [5.41, 5.74) is 0.683. The van der Waals surface area contributed by atoms with Crippen LogP contribution in [0.1, 0.15) is 42.1 Å². The molecule has 0 saturated heterocycles. The molecule has 20 heavy (non-hydrogen) atoms. The predicted molar refractivity (Wildman–Crippen MR) is 76.8 cm³/mol. The van der Waals surface area contributed by atoms with Crippen LogP contribution in [0.4, 0.5) is 5.69 Å². The maximum atomic E-state index is 12.6. The van der Waals surface area contributed by atoms with Gasteiger partial charge in [-0.2, -0.15) is 0 Å². The Morgan fingerprint density at radius 2 is 2.15 bits per heavy atom. The third-order valence-electron chi connectivity index (χ3n) is 3.61. The number of benzene rings is 1. The minimum absolute atomic E-state index is 0.0607. The maximum absolute atomic E-state index is 12.6. The molecule has 2 rings (SSSR count). The minimum Gasteiger partial charge on any atom is -0.338 e. The van der Waals surface area contributed by atoms with Crippen molar-refractivity contribution in [3.63, 3.8) is 0 Å². The quantitative estimate of drug-likeness (QED) is 0.592. The number of carbonyl (C=O) groups excluding carboxylic acids is 1. The highest BCUT2D eigenvalue weighted by Crippen LogP contribution is 2.31. The van der Waals surface area contributed by atoms with Gasteiger partial charge in [0.2, 0.25) is 0 Å². The summed E-state index contributed by atoms with van der Waals surface area (Å²) in [6.45, 7) is 5.05. The number of rotatable bonds is 6. The van der Waals surface area contributed by atoms with Gasteiger partial charge in [-0.15, -0.1) is 0 Å². The summed E-state index contributed by atoms with van der Waals surface area (Å²) >= 11 is 0. The van der Waals surface area contributed by atoms with Gasteiger partial charge in [0.25, 0.3) is 11.6 Å². The van der Waals surface area contributed by atoms with Crippen molar-refractivity contribution in [1.82, 2.24) is 4.90 Å². The zero-order chi connectivity index (χ0) is 14.7. The fraction of sp³-hybridized carbons (Fsp3) is 0.533. The molecule has 1 amide bonds. The smallest absolute Gasteiger partial charge is 0.285 e. The standard InChI is InChI=1S/C15H20N2O3/c1-3-9-16(10-12-7-8-12)15(18)13-6-4-5-11(2)14(13)17(19)20/h4-6,12H,3,7-10H2,1-2H3. The number of hydrogen-bond donors (Lipinski definition) is 0. The van der Waals surface area contributed by atoms with Crippen LogP contribution in [0.25, 0.3) is 0 Å². The van der Waals surface area contributed by atoms with Crippen molar-refractivity contribution >= 4 is 11.6 Å². The van der Waals surface area contributed by atoms with Crippen molar-refractivity contribution in [3.05, 3.63) is 39.4 Å². The topological polar surface area (TPSA) is 63.5 Å². The van der Waals surface area contributed by atoms with E-state index in [1.165, 1.54) is 0 Å². The molecule has 1 aromatic rings. The molecule has 5 nitrogen and oxygen atoms in total. The molecule has 0 atom stereocenters. The fourth-order valence-electron chi connectivity index (χ4n) is 2.40. The molecule has 0 N–H and O–H groups in total. The van der Waals surface area contributed by atoms with Gasteiger partial charge in [0.1, 0.15) is 5.56 Å². The Bertz CT molecular complexity index is 524. The number of para-hydroxylation sites is 1. The van der Waals surface area contributed by atoms with Crippen molar-refractivity contribution in [1.29, 1.82) is 0 Å². The second kappa shape index (κ2) is 6.03. The van der Waals surface area contributed by atoms with Crippen LogP contribution in [0.15, 0.2) is 18.2 Å². The molecule has 0 radical (unpaired) electrons. The average molecular weight is 276 g/mol. The van der Waals surface area contributed by atoms with E-state index in [2.05, 4.69) is 0 Å². The van der Waals surface area contributed by atoms with Gasteiger partial charge in [-0.25, -0.2) is 0 Å². The van der Waals surface area contributed by atoms with Crippen LogP contribution < -0.4 is 0 Å². The van der Waals surface area contributed by atoms with E-state index in [1.807, 2.05) is 6.92 Å². The van der Waals surface area contributed by atoms with Gasteiger partial charge < -0.3 is 4.90 Å². The predicted octanol–water partition coefficient (Wildman–Crippen LogP) is 3.17. The number of nitro benzene ring substituents is 1. The minimum atomic E-state index is -0.455. The van der Waals surface area contributed by atoms with E-state index in [9.17, 15) is 14.9 Å². The first-order valence-corrected chi connectivity index (χ1v) is 7.07. The molecule has 5 heteroatoms. The van der Waals surface area contributed by atoms with E-state index < -0.39 is 4.92 Å². The van der Waals surface area contributed by atoms with Gasteiger partial charge in [0, 0.05) is 18.7 Å². The summed E-state index contributed by atoms with van der Waals surface area (Å²) in [6.07, 6.45) is 3.17. The Balaban J connectivity index is 2.30. The molecule has 0 bridgehead atoms. The Morgan fingerprint density at radius 3 is 2.70 bits per heavy atom. The van der Waals surface area contributed by atoms with E-state index >= 15 is 0 Å². The summed E-state index contributed by atoms with van der Waals surface area (Å²) in [4.78, 5) is 25.1. The Hall–Kier alpha value is -1.91. The van der Waals surface area contributed by atoms with E-state index in [0.717, 1.165) is 25.8 Å². The molecule has 0 aliphatic heterocycles. The lowest BCUT2D eigenvalue weighted by Gasteiger charge is -2.22. The largest absolute Gasteiger partial charge is 0.338 e. The number of nitro groups is 1. The lowest BCUT2D eigenvalue weighted by atomic mass is 10.1.